The van der Waals surface area contributed by atoms with Crippen LogP contribution in [0.25, 0.3) is 0 Å². The molecule has 1 rings (SSSR count). The van der Waals surface area contributed by atoms with E-state index in [-0.39, 0.29) is 16.5 Å². The number of nitrogens with zero attached hydrogens (tertiary/aromatic N) is 1. The first kappa shape index (κ1) is 15.0. The molecule has 1 aromatic rings. The van der Waals surface area contributed by atoms with E-state index in [0.717, 1.165) is 0 Å². The second-order valence-corrected chi connectivity index (χ2v) is 6.87. The number of sulfonamides is 1. The maximum absolute atomic E-state index is 12.0. The molecule has 0 fully saturated rings. The van der Waals surface area contributed by atoms with Crippen LogP contribution in [-0.2, 0) is 20.8 Å². The number of aromatic nitrogens is 1. The molecule has 2 unspecified atom stereocenters. The second-order valence-electron chi connectivity index (χ2n) is 3.76. The Morgan fingerprint density at radius 2 is 2.22 bits per heavy atom. The van der Waals surface area contributed by atoms with Crippen LogP contribution in [0, 0.1) is 0 Å². The third kappa shape index (κ3) is 4.02. The molecule has 1 aromatic heterocycles. The van der Waals surface area contributed by atoms with E-state index in [1.807, 2.05) is 0 Å². The molecule has 102 valence electrons. The molecule has 0 amide bonds. The Bertz CT molecular complexity index is 532. The Hall–Kier alpha value is -1.03. The molecule has 0 saturated carbocycles. The number of nitrogens with two attached hydrogens (primary N) is 1. The summed E-state index contributed by atoms with van der Waals surface area (Å²) in [5.74, 6) is 5.46. The Labute approximate surface area is 109 Å². The molecule has 1 heterocycles. The van der Waals surface area contributed by atoms with Crippen molar-refractivity contribution in [3.8, 4) is 0 Å². The average Bonchev–Trinajstić information content (AvgIpc) is 2.27. The number of rotatable bonds is 6. The maximum atomic E-state index is 12.0. The minimum absolute atomic E-state index is 0.179. The second kappa shape index (κ2) is 6.23. The van der Waals surface area contributed by atoms with Gasteiger partial charge in [-0.05, 0) is 19.1 Å². The van der Waals surface area contributed by atoms with Crippen molar-refractivity contribution >= 4 is 26.5 Å². The van der Waals surface area contributed by atoms with Gasteiger partial charge in [-0.3, -0.25) is 10.1 Å². The van der Waals surface area contributed by atoms with E-state index in [2.05, 4.69) is 15.1 Å². The van der Waals surface area contributed by atoms with Gasteiger partial charge in [-0.1, -0.05) is 0 Å². The molecule has 0 bridgehead atoms. The van der Waals surface area contributed by atoms with Gasteiger partial charge >= 0.3 is 0 Å². The van der Waals surface area contributed by atoms with Crippen molar-refractivity contribution in [1.29, 1.82) is 0 Å². The number of nitrogens with one attached hydrogen (secondary N) is 2. The number of hydrazine groups is 1. The standard InChI is InChI=1S/C9H16N4O3S2/c1-7(6-17(2)14)13-18(15,16)9-8(12-10)4-3-5-11-9/h3-5,7,12-13H,6,10H2,1-2H3. The largest absolute Gasteiger partial charge is 0.321 e. The van der Waals surface area contributed by atoms with Crippen molar-refractivity contribution < 1.29 is 12.6 Å². The smallest absolute Gasteiger partial charge is 0.260 e. The number of hydrogen-bond acceptors (Lipinski definition) is 6. The Balaban J connectivity index is 2.96. The van der Waals surface area contributed by atoms with Crippen LogP contribution < -0.4 is 16.0 Å². The molecule has 0 aliphatic rings. The highest BCUT2D eigenvalue weighted by atomic mass is 32.2. The quantitative estimate of drug-likeness (QED) is 0.477. The summed E-state index contributed by atoms with van der Waals surface area (Å²) in [5, 5.41) is -0.179. The third-order valence-electron chi connectivity index (χ3n) is 2.02. The van der Waals surface area contributed by atoms with E-state index >= 15 is 0 Å². The van der Waals surface area contributed by atoms with Crippen molar-refractivity contribution in [2.24, 2.45) is 5.84 Å². The zero-order valence-corrected chi connectivity index (χ0v) is 11.7. The minimum atomic E-state index is -3.79. The van der Waals surface area contributed by atoms with E-state index < -0.39 is 26.9 Å². The first-order valence-corrected chi connectivity index (χ1v) is 8.32. The lowest BCUT2D eigenvalue weighted by Crippen LogP contribution is -2.37. The summed E-state index contributed by atoms with van der Waals surface area (Å²) in [7, 11) is -4.87. The molecule has 0 spiro atoms. The van der Waals surface area contributed by atoms with Gasteiger partial charge in [-0.2, -0.15) is 0 Å². The topological polar surface area (TPSA) is 114 Å². The van der Waals surface area contributed by atoms with Gasteiger partial charge in [-0.15, -0.1) is 0 Å². The molecular weight excluding hydrogens is 276 g/mol. The van der Waals surface area contributed by atoms with Crippen molar-refractivity contribution in [3.05, 3.63) is 18.3 Å². The number of pyridine rings is 1. The summed E-state index contributed by atoms with van der Waals surface area (Å²) < 4.78 is 37.5. The van der Waals surface area contributed by atoms with E-state index in [9.17, 15) is 12.6 Å². The van der Waals surface area contributed by atoms with Crippen molar-refractivity contribution in [1.82, 2.24) is 9.71 Å². The molecule has 0 aromatic carbocycles. The predicted octanol–water partition coefficient (Wildman–Crippen LogP) is -0.587. The van der Waals surface area contributed by atoms with Gasteiger partial charge in [0, 0.05) is 35.0 Å². The highest BCUT2D eigenvalue weighted by Gasteiger charge is 2.22. The molecular formula is C9H16N4O3S2. The lowest BCUT2D eigenvalue weighted by Gasteiger charge is -2.14. The van der Waals surface area contributed by atoms with Gasteiger partial charge in [0.25, 0.3) is 10.0 Å². The fourth-order valence-electron chi connectivity index (χ4n) is 1.42. The summed E-state index contributed by atoms with van der Waals surface area (Å²) in [6, 6.07) is 2.62. The number of anilines is 1. The molecule has 0 aliphatic heterocycles. The van der Waals surface area contributed by atoms with Gasteiger partial charge < -0.3 is 5.43 Å². The van der Waals surface area contributed by atoms with Crippen LogP contribution >= 0.6 is 0 Å². The van der Waals surface area contributed by atoms with Crippen molar-refractivity contribution in [3.63, 3.8) is 0 Å². The van der Waals surface area contributed by atoms with Gasteiger partial charge in [0.15, 0.2) is 5.03 Å². The molecule has 7 nitrogen and oxygen atoms in total. The highest BCUT2D eigenvalue weighted by molar-refractivity contribution is 7.89. The zero-order chi connectivity index (χ0) is 13.8. The number of hydrogen-bond donors (Lipinski definition) is 3. The Morgan fingerprint density at radius 1 is 1.56 bits per heavy atom. The van der Waals surface area contributed by atoms with Gasteiger partial charge in [0.05, 0.1) is 5.69 Å². The van der Waals surface area contributed by atoms with Crippen LogP contribution in [0.15, 0.2) is 23.4 Å². The monoisotopic (exact) mass is 292 g/mol. The summed E-state index contributed by atoms with van der Waals surface area (Å²) in [5.41, 5.74) is 2.48. The summed E-state index contributed by atoms with van der Waals surface area (Å²) in [6.07, 6.45) is 2.87. The molecule has 0 aliphatic carbocycles. The van der Waals surface area contributed by atoms with E-state index in [0.29, 0.717) is 0 Å². The van der Waals surface area contributed by atoms with Crippen LogP contribution in [0.1, 0.15) is 6.92 Å². The van der Waals surface area contributed by atoms with Crippen molar-refractivity contribution in [2.75, 3.05) is 17.4 Å². The Kier molecular flexibility index (Phi) is 5.20. The molecule has 2 atom stereocenters. The zero-order valence-electron chi connectivity index (χ0n) is 10.1. The van der Waals surface area contributed by atoms with Crippen molar-refractivity contribution in [2.45, 2.75) is 18.0 Å². The summed E-state index contributed by atoms with van der Waals surface area (Å²) in [4.78, 5) is 3.78. The first-order chi connectivity index (χ1) is 8.36. The fraction of sp³-hybridized carbons (Fsp3) is 0.444. The van der Waals surface area contributed by atoms with Gasteiger partial charge in [-0.25, -0.2) is 18.1 Å². The predicted molar refractivity (Wildman–Crippen MR) is 70.8 cm³/mol. The van der Waals surface area contributed by atoms with E-state index in [4.69, 9.17) is 5.84 Å². The molecule has 0 radical (unpaired) electrons. The molecule has 0 saturated heterocycles. The molecule has 9 heteroatoms. The summed E-state index contributed by atoms with van der Waals surface area (Å²) in [6.45, 7) is 1.64. The highest BCUT2D eigenvalue weighted by Crippen LogP contribution is 2.16. The molecule has 18 heavy (non-hydrogen) atoms. The third-order valence-corrected chi connectivity index (χ3v) is 4.54. The normalized spacial score (nSPS) is 15.1. The SMILES string of the molecule is CC(CS(C)=O)NS(=O)(=O)c1ncccc1NN. The van der Waals surface area contributed by atoms with Crippen LogP contribution in [0.3, 0.4) is 0 Å². The lowest BCUT2D eigenvalue weighted by molar-refractivity contribution is 0.566. The summed E-state index contributed by atoms with van der Waals surface area (Å²) >= 11 is 0. The van der Waals surface area contributed by atoms with Gasteiger partial charge in [0.2, 0.25) is 0 Å². The maximum Gasteiger partial charge on any atom is 0.260 e. The lowest BCUT2D eigenvalue weighted by atomic mass is 10.4. The van der Waals surface area contributed by atoms with Crippen LogP contribution in [0.5, 0.6) is 0 Å². The average molecular weight is 292 g/mol. The van der Waals surface area contributed by atoms with Crippen LogP contribution in [-0.4, -0.2) is 35.7 Å². The van der Waals surface area contributed by atoms with Gasteiger partial charge in [0.1, 0.15) is 0 Å². The molecule has 4 N–H and O–H groups in total. The number of nitrogen functional groups attached to an aromatic ring is 1. The fourth-order valence-corrected chi connectivity index (χ4v) is 3.66. The first-order valence-electron chi connectivity index (χ1n) is 5.11. The minimum Gasteiger partial charge on any atom is -0.321 e. The van der Waals surface area contributed by atoms with Crippen LogP contribution in [0.2, 0.25) is 0 Å². The van der Waals surface area contributed by atoms with E-state index in [1.165, 1.54) is 18.5 Å². The van der Waals surface area contributed by atoms with Crippen LogP contribution in [0.4, 0.5) is 5.69 Å². The van der Waals surface area contributed by atoms with E-state index in [1.54, 1.807) is 13.0 Å². The Morgan fingerprint density at radius 3 is 2.78 bits per heavy atom.